The first-order valence-electron chi connectivity index (χ1n) is 6.94. The van der Waals surface area contributed by atoms with Crippen LogP contribution >= 0.6 is 0 Å². The molecule has 0 spiro atoms. The maximum Gasteiger partial charge on any atom is 0.335 e. The summed E-state index contributed by atoms with van der Waals surface area (Å²) in [5.74, 6) is -1.44. The van der Waals surface area contributed by atoms with Gasteiger partial charge in [-0.1, -0.05) is 0 Å². The van der Waals surface area contributed by atoms with E-state index in [9.17, 15) is 9.18 Å². The van der Waals surface area contributed by atoms with Crippen LogP contribution in [-0.2, 0) is 16.0 Å². The number of hydrogen-bond acceptors (Lipinski definition) is 4. The highest BCUT2D eigenvalue weighted by atomic mass is 19.1. The minimum Gasteiger partial charge on any atom is -0.478 e. The lowest BCUT2D eigenvalue weighted by atomic mass is 10.1. The highest BCUT2D eigenvalue weighted by Crippen LogP contribution is 2.10. The molecule has 1 aromatic rings. The molecule has 21 heavy (non-hydrogen) atoms. The van der Waals surface area contributed by atoms with E-state index in [0.717, 1.165) is 19.4 Å². The average molecular weight is 299 g/mol. The lowest BCUT2D eigenvalue weighted by Crippen LogP contribution is -2.16. The standard InChI is InChI=1S/C15H22FNO4/c1-20-8-9-21-7-3-2-6-17-11-13-10-12(15(18)19)4-5-14(13)16/h4-5,10,17H,2-3,6-9,11H2,1H3,(H,18,19). The average Bonchev–Trinajstić information content (AvgIpc) is 2.47. The van der Waals surface area contributed by atoms with Gasteiger partial charge in [-0.2, -0.15) is 0 Å². The number of halogens is 1. The quantitative estimate of drug-likeness (QED) is 0.612. The van der Waals surface area contributed by atoms with Crippen molar-refractivity contribution in [2.24, 2.45) is 0 Å². The summed E-state index contributed by atoms with van der Waals surface area (Å²) < 4.78 is 23.7. The molecule has 0 atom stereocenters. The van der Waals surface area contributed by atoms with Crippen molar-refractivity contribution in [3.63, 3.8) is 0 Å². The smallest absolute Gasteiger partial charge is 0.335 e. The van der Waals surface area contributed by atoms with Crippen LogP contribution in [0.5, 0.6) is 0 Å². The Bertz CT molecular complexity index is 440. The predicted molar refractivity (Wildman–Crippen MR) is 77.0 cm³/mol. The number of methoxy groups -OCH3 is 1. The molecule has 0 heterocycles. The van der Waals surface area contributed by atoms with Crippen LogP contribution in [0.15, 0.2) is 18.2 Å². The molecule has 0 bridgehead atoms. The van der Waals surface area contributed by atoms with Gasteiger partial charge in [0.2, 0.25) is 0 Å². The molecule has 0 unspecified atom stereocenters. The van der Waals surface area contributed by atoms with Crippen LogP contribution in [0.25, 0.3) is 0 Å². The Morgan fingerprint density at radius 1 is 1.29 bits per heavy atom. The van der Waals surface area contributed by atoms with Crippen molar-refractivity contribution in [1.29, 1.82) is 0 Å². The van der Waals surface area contributed by atoms with Crippen molar-refractivity contribution in [1.82, 2.24) is 5.32 Å². The fraction of sp³-hybridized carbons (Fsp3) is 0.533. The van der Waals surface area contributed by atoms with Gasteiger partial charge in [0.1, 0.15) is 5.82 Å². The molecule has 0 aliphatic heterocycles. The topological polar surface area (TPSA) is 67.8 Å². The van der Waals surface area contributed by atoms with E-state index in [0.29, 0.717) is 31.9 Å². The normalized spacial score (nSPS) is 10.8. The first kappa shape index (κ1) is 17.6. The molecule has 0 aromatic heterocycles. The first-order valence-corrected chi connectivity index (χ1v) is 6.94. The maximum absolute atomic E-state index is 13.5. The molecule has 1 rings (SSSR count). The number of benzene rings is 1. The fourth-order valence-electron chi connectivity index (χ4n) is 1.76. The number of carbonyl (C=O) groups is 1. The van der Waals surface area contributed by atoms with Gasteiger partial charge < -0.3 is 19.9 Å². The molecule has 0 amide bonds. The summed E-state index contributed by atoms with van der Waals surface area (Å²) in [6, 6.07) is 3.81. The zero-order valence-corrected chi connectivity index (χ0v) is 12.2. The van der Waals surface area contributed by atoms with Gasteiger partial charge in [-0.05, 0) is 37.6 Å². The van der Waals surface area contributed by atoms with Crippen LogP contribution in [0.4, 0.5) is 4.39 Å². The van der Waals surface area contributed by atoms with E-state index in [-0.39, 0.29) is 5.56 Å². The minimum absolute atomic E-state index is 0.0970. The van der Waals surface area contributed by atoms with Crippen molar-refractivity contribution in [3.8, 4) is 0 Å². The van der Waals surface area contributed by atoms with E-state index in [4.69, 9.17) is 14.6 Å². The zero-order chi connectivity index (χ0) is 15.5. The Labute approximate surface area is 124 Å². The SMILES string of the molecule is COCCOCCCCNCc1cc(C(=O)O)ccc1F. The number of carboxylic acid groups (broad SMARTS) is 1. The number of carboxylic acids is 1. The molecule has 1 aromatic carbocycles. The van der Waals surface area contributed by atoms with Crippen molar-refractivity contribution in [2.45, 2.75) is 19.4 Å². The second-order valence-electron chi connectivity index (χ2n) is 4.60. The van der Waals surface area contributed by atoms with E-state index < -0.39 is 11.8 Å². The highest BCUT2D eigenvalue weighted by molar-refractivity contribution is 5.87. The van der Waals surface area contributed by atoms with Crippen LogP contribution in [0.3, 0.4) is 0 Å². The maximum atomic E-state index is 13.5. The van der Waals surface area contributed by atoms with Crippen LogP contribution in [0, 0.1) is 5.82 Å². The van der Waals surface area contributed by atoms with Gasteiger partial charge >= 0.3 is 5.97 Å². The Morgan fingerprint density at radius 2 is 2.10 bits per heavy atom. The van der Waals surface area contributed by atoms with E-state index >= 15 is 0 Å². The molecule has 0 aliphatic carbocycles. The molecular formula is C15H22FNO4. The molecule has 118 valence electrons. The molecule has 6 heteroatoms. The van der Waals surface area contributed by atoms with Gasteiger partial charge in [0.25, 0.3) is 0 Å². The zero-order valence-electron chi connectivity index (χ0n) is 12.2. The molecule has 0 fully saturated rings. The van der Waals surface area contributed by atoms with Crippen molar-refractivity contribution < 1.29 is 23.8 Å². The molecule has 2 N–H and O–H groups in total. The molecule has 0 aliphatic rings. The Morgan fingerprint density at radius 3 is 2.81 bits per heavy atom. The summed E-state index contributed by atoms with van der Waals surface area (Å²) in [6.07, 6.45) is 1.82. The third-order valence-electron chi connectivity index (χ3n) is 2.93. The van der Waals surface area contributed by atoms with Gasteiger partial charge in [-0.25, -0.2) is 9.18 Å². The highest BCUT2D eigenvalue weighted by Gasteiger charge is 2.07. The van der Waals surface area contributed by atoms with Crippen molar-refractivity contribution in [2.75, 3.05) is 33.5 Å². The third kappa shape index (κ3) is 7.17. The Balaban J connectivity index is 2.18. The monoisotopic (exact) mass is 299 g/mol. The third-order valence-corrected chi connectivity index (χ3v) is 2.93. The van der Waals surface area contributed by atoms with Crippen LogP contribution < -0.4 is 5.32 Å². The predicted octanol–water partition coefficient (Wildman–Crippen LogP) is 2.06. The summed E-state index contributed by atoms with van der Waals surface area (Å²) in [5, 5.41) is 12.0. The molecule has 0 saturated carbocycles. The number of hydrogen-bond donors (Lipinski definition) is 2. The van der Waals surface area contributed by atoms with E-state index in [1.54, 1.807) is 7.11 Å². The summed E-state index contributed by atoms with van der Waals surface area (Å²) in [4.78, 5) is 10.8. The van der Waals surface area contributed by atoms with Gasteiger partial charge in [0.05, 0.1) is 18.8 Å². The largest absolute Gasteiger partial charge is 0.478 e. The summed E-state index contributed by atoms with van der Waals surface area (Å²) in [6.45, 7) is 2.91. The van der Waals surface area contributed by atoms with Gasteiger partial charge in [0, 0.05) is 25.8 Å². The van der Waals surface area contributed by atoms with E-state index in [1.165, 1.54) is 18.2 Å². The van der Waals surface area contributed by atoms with Crippen molar-refractivity contribution in [3.05, 3.63) is 35.1 Å². The second kappa shape index (κ2) is 10.3. The fourth-order valence-corrected chi connectivity index (χ4v) is 1.76. The van der Waals surface area contributed by atoms with Crippen LogP contribution in [-0.4, -0.2) is 44.6 Å². The van der Waals surface area contributed by atoms with E-state index in [2.05, 4.69) is 5.32 Å². The van der Waals surface area contributed by atoms with Gasteiger partial charge in [-0.3, -0.25) is 0 Å². The molecule has 0 radical (unpaired) electrons. The molecular weight excluding hydrogens is 277 g/mol. The second-order valence-corrected chi connectivity index (χ2v) is 4.60. The summed E-state index contributed by atoms with van der Waals surface area (Å²) >= 11 is 0. The lowest BCUT2D eigenvalue weighted by molar-refractivity contribution is 0.0688. The first-order chi connectivity index (χ1) is 10.1. The van der Waals surface area contributed by atoms with Crippen molar-refractivity contribution >= 4 is 5.97 Å². The van der Waals surface area contributed by atoms with Crippen LogP contribution in [0.2, 0.25) is 0 Å². The summed E-state index contributed by atoms with van der Waals surface area (Å²) in [5.41, 5.74) is 0.464. The molecule has 5 nitrogen and oxygen atoms in total. The number of ether oxygens (including phenoxy) is 2. The number of rotatable bonds is 11. The minimum atomic E-state index is -1.05. The number of unbranched alkanes of at least 4 members (excludes halogenated alkanes) is 1. The lowest BCUT2D eigenvalue weighted by Gasteiger charge is -2.07. The Hall–Kier alpha value is -1.50. The summed E-state index contributed by atoms with van der Waals surface area (Å²) in [7, 11) is 1.63. The van der Waals surface area contributed by atoms with E-state index in [1.807, 2.05) is 0 Å². The van der Waals surface area contributed by atoms with Crippen LogP contribution in [0.1, 0.15) is 28.8 Å². The molecule has 0 saturated heterocycles. The van der Waals surface area contributed by atoms with Gasteiger partial charge in [-0.15, -0.1) is 0 Å². The number of aromatic carboxylic acids is 1. The number of nitrogens with one attached hydrogen (secondary N) is 1. The Kier molecular flexibility index (Phi) is 8.57. The van der Waals surface area contributed by atoms with Gasteiger partial charge in [0.15, 0.2) is 0 Å².